The third-order valence-electron chi connectivity index (χ3n) is 6.02. The number of aromatic nitrogens is 1. The van der Waals surface area contributed by atoms with Crippen molar-refractivity contribution in [3.8, 4) is 0 Å². The molecular weight excluding hydrogens is 483 g/mol. The zero-order valence-corrected chi connectivity index (χ0v) is 21.1. The van der Waals surface area contributed by atoms with Crippen LogP contribution >= 0.6 is 34.5 Å². The molecule has 1 fully saturated rings. The first kappa shape index (κ1) is 25.6. The molecule has 11 heteroatoms. The highest BCUT2D eigenvalue weighted by molar-refractivity contribution is 7.07. The van der Waals surface area contributed by atoms with Crippen molar-refractivity contribution in [2.45, 2.75) is 44.8 Å². The van der Waals surface area contributed by atoms with Crippen LogP contribution in [0.5, 0.6) is 0 Å². The molecule has 3 heterocycles. The average molecular weight is 513 g/mol. The van der Waals surface area contributed by atoms with Crippen molar-refractivity contribution < 1.29 is 9.59 Å². The van der Waals surface area contributed by atoms with Crippen LogP contribution in [-0.4, -0.2) is 65.5 Å². The van der Waals surface area contributed by atoms with Gasteiger partial charge in [-0.3, -0.25) is 4.79 Å². The number of likely N-dealkylation sites (tertiary alicyclic amines) is 1. The van der Waals surface area contributed by atoms with Gasteiger partial charge in [-0.25, -0.2) is 9.78 Å². The Balaban J connectivity index is 1.47. The van der Waals surface area contributed by atoms with E-state index in [2.05, 4.69) is 38.9 Å². The van der Waals surface area contributed by atoms with Crippen LogP contribution in [0, 0.1) is 0 Å². The Bertz CT molecular complexity index is 927. The monoisotopic (exact) mass is 512 g/mol. The largest absolute Gasteiger partial charge is 0.398 e. The molecule has 0 saturated carbocycles. The van der Waals surface area contributed by atoms with Gasteiger partial charge in [0.2, 0.25) is 0 Å². The van der Waals surface area contributed by atoms with Crippen LogP contribution in [0.4, 0.5) is 10.5 Å². The number of pyridine rings is 1. The third-order valence-corrected chi connectivity index (χ3v) is 7.22. The molecule has 1 atom stereocenters. The van der Waals surface area contributed by atoms with Crippen LogP contribution in [0.25, 0.3) is 0 Å². The van der Waals surface area contributed by atoms with Crippen molar-refractivity contribution in [2.24, 2.45) is 0 Å². The number of rotatable bonds is 8. The van der Waals surface area contributed by atoms with Crippen molar-refractivity contribution in [1.82, 2.24) is 25.4 Å². The SMILES string of the molecule is CNC(=O)N(Cc1ccsc1)C1CCN([C@H](C)CCNC(=O)c2c(N)cc(Cl)nc2Cl)CC1. The molecule has 2 aromatic rings. The Morgan fingerprint density at radius 3 is 2.70 bits per heavy atom. The summed E-state index contributed by atoms with van der Waals surface area (Å²) in [5, 5.41) is 9.91. The van der Waals surface area contributed by atoms with Gasteiger partial charge in [-0.15, -0.1) is 0 Å². The Morgan fingerprint density at radius 2 is 2.09 bits per heavy atom. The molecule has 2 aromatic heterocycles. The lowest BCUT2D eigenvalue weighted by Crippen LogP contribution is -2.51. The predicted molar refractivity (Wildman–Crippen MR) is 134 cm³/mol. The van der Waals surface area contributed by atoms with E-state index in [1.165, 1.54) is 6.07 Å². The fourth-order valence-electron chi connectivity index (χ4n) is 4.12. The molecule has 0 spiro atoms. The minimum absolute atomic E-state index is 0.00394. The molecule has 0 radical (unpaired) electrons. The number of carbonyl (C=O) groups excluding carboxylic acids is 2. The van der Waals surface area contributed by atoms with Gasteiger partial charge in [0.1, 0.15) is 10.3 Å². The highest BCUT2D eigenvalue weighted by Crippen LogP contribution is 2.24. The maximum atomic E-state index is 12.5. The quantitative estimate of drug-likeness (QED) is 0.466. The van der Waals surface area contributed by atoms with Gasteiger partial charge in [0.15, 0.2) is 0 Å². The Labute approximate surface area is 208 Å². The number of urea groups is 1. The van der Waals surface area contributed by atoms with Crippen LogP contribution in [-0.2, 0) is 6.54 Å². The van der Waals surface area contributed by atoms with Gasteiger partial charge in [0, 0.05) is 45.3 Å². The number of anilines is 1. The van der Waals surface area contributed by atoms with Crippen LogP contribution in [0.15, 0.2) is 22.9 Å². The number of nitrogen functional groups attached to an aromatic ring is 1. The standard InChI is InChI=1S/C22H30Cl2N6O2S/c1-14(3-7-27-21(31)19-17(25)11-18(23)28-20(19)24)29-8-4-16(5-9-29)30(22(32)26-2)12-15-6-10-33-13-15/h6,10-11,13-14,16H,3-5,7-9,12H2,1-2H3,(H2,25,28)(H,26,32)(H,27,31)/t14-/m1/s1. The maximum absolute atomic E-state index is 12.5. The lowest BCUT2D eigenvalue weighted by molar-refractivity contribution is 0.0908. The molecule has 1 aliphatic rings. The van der Waals surface area contributed by atoms with Crippen molar-refractivity contribution in [3.05, 3.63) is 44.3 Å². The second-order valence-electron chi connectivity index (χ2n) is 8.18. The number of nitrogens with one attached hydrogen (secondary N) is 2. The molecule has 8 nitrogen and oxygen atoms in total. The van der Waals surface area contributed by atoms with Crippen LogP contribution in [0.1, 0.15) is 42.1 Å². The van der Waals surface area contributed by atoms with Crippen molar-refractivity contribution in [2.75, 3.05) is 32.4 Å². The first-order valence-electron chi connectivity index (χ1n) is 10.9. The minimum atomic E-state index is -0.359. The molecule has 1 aliphatic heterocycles. The summed E-state index contributed by atoms with van der Waals surface area (Å²) in [5.74, 6) is -0.359. The van der Waals surface area contributed by atoms with E-state index in [4.69, 9.17) is 28.9 Å². The highest BCUT2D eigenvalue weighted by Gasteiger charge is 2.29. The fraction of sp³-hybridized carbons (Fsp3) is 0.500. The molecule has 0 aromatic carbocycles. The summed E-state index contributed by atoms with van der Waals surface area (Å²) in [7, 11) is 1.68. The van der Waals surface area contributed by atoms with Gasteiger partial charge < -0.3 is 26.2 Å². The normalized spacial score (nSPS) is 15.8. The Morgan fingerprint density at radius 1 is 1.36 bits per heavy atom. The van der Waals surface area contributed by atoms with E-state index in [0.29, 0.717) is 13.1 Å². The van der Waals surface area contributed by atoms with Gasteiger partial charge in [0.25, 0.3) is 5.91 Å². The average Bonchev–Trinajstić information content (AvgIpc) is 3.29. The highest BCUT2D eigenvalue weighted by atomic mass is 35.5. The number of thiophene rings is 1. The van der Waals surface area contributed by atoms with E-state index in [1.54, 1.807) is 18.4 Å². The lowest BCUT2D eigenvalue weighted by Gasteiger charge is -2.40. The van der Waals surface area contributed by atoms with Gasteiger partial charge in [-0.1, -0.05) is 23.2 Å². The summed E-state index contributed by atoms with van der Waals surface area (Å²) in [4.78, 5) is 33.2. The zero-order chi connectivity index (χ0) is 24.0. The van der Waals surface area contributed by atoms with Gasteiger partial charge in [-0.2, -0.15) is 11.3 Å². The summed E-state index contributed by atoms with van der Waals surface area (Å²) in [6.07, 6.45) is 2.61. The van der Waals surface area contributed by atoms with Crippen LogP contribution in [0.3, 0.4) is 0 Å². The van der Waals surface area contributed by atoms with Gasteiger partial charge in [-0.05, 0) is 54.6 Å². The number of nitrogens with two attached hydrogens (primary N) is 1. The zero-order valence-electron chi connectivity index (χ0n) is 18.8. The molecule has 0 unspecified atom stereocenters. The van der Waals surface area contributed by atoms with E-state index in [9.17, 15) is 9.59 Å². The van der Waals surface area contributed by atoms with Gasteiger partial charge in [0.05, 0.1) is 11.3 Å². The van der Waals surface area contributed by atoms with Gasteiger partial charge >= 0.3 is 6.03 Å². The topological polar surface area (TPSA) is 104 Å². The number of piperidine rings is 1. The molecule has 0 aliphatic carbocycles. The number of hydrogen-bond donors (Lipinski definition) is 3. The number of hydrogen-bond acceptors (Lipinski definition) is 6. The van der Waals surface area contributed by atoms with E-state index < -0.39 is 0 Å². The Kier molecular flexibility index (Phi) is 9.19. The summed E-state index contributed by atoms with van der Waals surface area (Å²) < 4.78 is 0. The first-order chi connectivity index (χ1) is 15.8. The summed E-state index contributed by atoms with van der Waals surface area (Å²) in [6, 6.07) is 3.93. The van der Waals surface area contributed by atoms with Crippen molar-refractivity contribution in [3.63, 3.8) is 0 Å². The summed E-state index contributed by atoms with van der Waals surface area (Å²) >= 11 is 13.5. The van der Waals surface area contributed by atoms with Crippen molar-refractivity contribution in [1.29, 1.82) is 0 Å². The van der Waals surface area contributed by atoms with E-state index >= 15 is 0 Å². The molecule has 3 amide bonds. The second-order valence-corrected chi connectivity index (χ2v) is 9.70. The fourth-order valence-corrected chi connectivity index (χ4v) is 5.31. The molecule has 180 valence electrons. The molecule has 0 bridgehead atoms. The second kappa shape index (κ2) is 11.9. The van der Waals surface area contributed by atoms with E-state index in [-0.39, 0.29) is 45.6 Å². The molecule has 4 N–H and O–H groups in total. The maximum Gasteiger partial charge on any atom is 0.317 e. The van der Waals surface area contributed by atoms with Crippen LogP contribution in [0.2, 0.25) is 10.3 Å². The minimum Gasteiger partial charge on any atom is -0.398 e. The smallest absolute Gasteiger partial charge is 0.317 e. The lowest BCUT2D eigenvalue weighted by atomic mass is 10.0. The van der Waals surface area contributed by atoms with Crippen LogP contribution < -0.4 is 16.4 Å². The summed E-state index contributed by atoms with van der Waals surface area (Å²) in [5.41, 5.74) is 7.38. The molecule has 1 saturated heterocycles. The van der Waals surface area contributed by atoms with E-state index in [0.717, 1.165) is 37.9 Å². The number of amides is 3. The molecular formula is C22H30Cl2N6O2S. The molecule has 33 heavy (non-hydrogen) atoms. The number of halogens is 2. The Hall–Kier alpha value is -2.07. The third kappa shape index (κ3) is 6.72. The predicted octanol–water partition coefficient (Wildman–Crippen LogP) is 3.85. The summed E-state index contributed by atoms with van der Waals surface area (Å²) in [6.45, 7) is 5.06. The van der Waals surface area contributed by atoms with E-state index in [1.807, 2.05) is 10.3 Å². The molecule has 3 rings (SSSR count). The number of carbonyl (C=O) groups is 2. The van der Waals surface area contributed by atoms with Crippen molar-refractivity contribution >= 4 is 52.2 Å². The first-order valence-corrected chi connectivity index (χ1v) is 12.6. The number of nitrogens with zero attached hydrogens (tertiary/aromatic N) is 3.